The summed E-state index contributed by atoms with van der Waals surface area (Å²) in [7, 11) is 0. The molecule has 26 heavy (non-hydrogen) atoms. The predicted octanol–water partition coefficient (Wildman–Crippen LogP) is 3.07. The molecule has 0 aliphatic heterocycles. The summed E-state index contributed by atoms with van der Waals surface area (Å²) in [6.07, 6.45) is 11.8. The Bertz CT molecular complexity index is 748. The number of pyridine rings is 1. The lowest BCUT2D eigenvalue weighted by atomic mass is 9.95. The molecule has 1 saturated carbocycles. The van der Waals surface area contributed by atoms with Crippen LogP contribution in [-0.2, 0) is 4.79 Å². The molecular formula is C19H25N5O2. The van der Waals surface area contributed by atoms with Crippen LogP contribution in [0.25, 0.3) is 5.82 Å². The van der Waals surface area contributed by atoms with Gasteiger partial charge < -0.3 is 10.6 Å². The molecule has 1 aliphatic rings. The van der Waals surface area contributed by atoms with E-state index in [4.69, 9.17) is 0 Å². The number of rotatable bonds is 6. The first-order valence-corrected chi connectivity index (χ1v) is 9.27. The Morgan fingerprint density at radius 2 is 2.00 bits per heavy atom. The van der Waals surface area contributed by atoms with E-state index in [9.17, 15) is 9.59 Å². The Morgan fingerprint density at radius 1 is 1.19 bits per heavy atom. The highest BCUT2D eigenvalue weighted by Crippen LogP contribution is 2.18. The van der Waals surface area contributed by atoms with Gasteiger partial charge in [-0.05, 0) is 31.4 Å². The molecule has 7 heteroatoms. The Balaban J connectivity index is 1.61. The monoisotopic (exact) mass is 355 g/mol. The van der Waals surface area contributed by atoms with Crippen molar-refractivity contribution >= 4 is 17.5 Å². The summed E-state index contributed by atoms with van der Waals surface area (Å²) in [4.78, 5) is 32.5. The van der Waals surface area contributed by atoms with Crippen molar-refractivity contribution < 1.29 is 9.59 Å². The fourth-order valence-electron chi connectivity index (χ4n) is 3.13. The third kappa shape index (κ3) is 4.68. The molecule has 1 fully saturated rings. The predicted molar refractivity (Wildman–Crippen MR) is 99.2 cm³/mol. The number of nitrogens with one attached hydrogen (secondary N) is 2. The zero-order chi connectivity index (χ0) is 18.4. The third-order valence-electron chi connectivity index (χ3n) is 4.53. The lowest BCUT2D eigenvalue weighted by molar-refractivity contribution is -0.116. The first kappa shape index (κ1) is 18.1. The van der Waals surface area contributed by atoms with Crippen LogP contribution in [0.5, 0.6) is 0 Å². The van der Waals surface area contributed by atoms with Gasteiger partial charge >= 0.3 is 0 Å². The largest absolute Gasteiger partial charge is 0.348 e. The molecule has 0 unspecified atom stereocenters. The minimum Gasteiger partial charge on any atom is -0.348 e. The second-order valence-electron chi connectivity index (χ2n) is 6.68. The van der Waals surface area contributed by atoms with Crippen molar-refractivity contribution in [3.63, 3.8) is 0 Å². The van der Waals surface area contributed by atoms with Gasteiger partial charge in [0.1, 0.15) is 17.8 Å². The lowest BCUT2D eigenvalue weighted by Crippen LogP contribution is -2.36. The Morgan fingerprint density at radius 3 is 2.69 bits per heavy atom. The van der Waals surface area contributed by atoms with E-state index in [2.05, 4.69) is 20.6 Å². The van der Waals surface area contributed by atoms with E-state index in [-0.39, 0.29) is 17.9 Å². The van der Waals surface area contributed by atoms with Crippen LogP contribution in [0, 0.1) is 0 Å². The van der Waals surface area contributed by atoms with E-state index in [0.717, 1.165) is 19.3 Å². The number of hydrogen-bond donors (Lipinski definition) is 2. The van der Waals surface area contributed by atoms with Crippen molar-refractivity contribution in [3.05, 3.63) is 36.5 Å². The summed E-state index contributed by atoms with van der Waals surface area (Å²) >= 11 is 0. The molecule has 2 aromatic rings. The maximum absolute atomic E-state index is 12.3. The topological polar surface area (TPSA) is 88.9 Å². The van der Waals surface area contributed by atoms with Crippen LogP contribution in [0.2, 0.25) is 0 Å². The van der Waals surface area contributed by atoms with E-state index < -0.39 is 0 Å². The van der Waals surface area contributed by atoms with Gasteiger partial charge in [0.25, 0.3) is 5.91 Å². The smallest absolute Gasteiger partial charge is 0.271 e. The molecule has 2 heterocycles. The maximum atomic E-state index is 12.3. The SMILES string of the molecule is CCCC(=O)Nc1ccc(-n2cnc(C(=O)NC3CCCCC3)c2)nc1. The molecule has 0 atom stereocenters. The van der Waals surface area contributed by atoms with E-state index in [0.29, 0.717) is 23.6 Å². The van der Waals surface area contributed by atoms with Gasteiger partial charge in [-0.25, -0.2) is 9.97 Å². The number of carbonyl (C=O) groups excluding carboxylic acids is 2. The van der Waals surface area contributed by atoms with Crippen molar-refractivity contribution in [1.29, 1.82) is 0 Å². The van der Waals surface area contributed by atoms with Crippen LogP contribution < -0.4 is 10.6 Å². The minimum atomic E-state index is -0.140. The van der Waals surface area contributed by atoms with Crippen molar-refractivity contribution in [2.75, 3.05) is 5.32 Å². The normalized spacial score (nSPS) is 14.8. The molecule has 0 bridgehead atoms. The van der Waals surface area contributed by atoms with Crippen molar-refractivity contribution in [3.8, 4) is 5.82 Å². The fraction of sp³-hybridized carbons (Fsp3) is 0.474. The minimum absolute atomic E-state index is 0.0219. The average molecular weight is 355 g/mol. The van der Waals surface area contributed by atoms with Crippen molar-refractivity contribution in [1.82, 2.24) is 19.9 Å². The molecule has 0 aromatic carbocycles. The van der Waals surface area contributed by atoms with Gasteiger partial charge in [0, 0.05) is 18.7 Å². The highest BCUT2D eigenvalue weighted by molar-refractivity contribution is 5.92. The molecule has 2 N–H and O–H groups in total. The van der Waals surface area contributed by atoms with Crippen LogP contribution in [0.15, 0.2) is 30.9 Å². The number of imidazole rings is 1. The number of amides is 2. The third-order valence-corrected chi connectivity index (χ3v) is 4.53. The van der Waals surface area contributed by atoms with E-state index in [1.54, 1.807) is 35.4 Å². The van der Waals surface area contributed by atoms with E-state index in [1.807, 2.05) is 6.92 Å². The molecule has 138 valence electrons. The van der Waals surface area contributed by atoms with Crippen LogP contribution in [0.1, 0.15) is 62.4 Å². The Hall–Kier alpha value is -2.70. The molecule has 0 radical (unpaired) electrons. The van der Waals surface area contributed by atoms with Crippen LogP contribution in [-0.4, -0.2) is 32.4 Å². The van der Waals surface area contributed by atoms with E-state index in [1.165, 1.54) is 19.3 Å². The number of anilines is 1. The molecule has 7 nitrogen and oxygen atoms in total. The van der Waals surface area contributed by atoms with Gasteiger partial charge in [-0.15, -0.1) is 0 Å². The molecule has 1 aliphatic carbocycles. The second kappa shape index (κ2) is 8.60. The van der Waals surface area contributed by atoms with Gasteiger partial charge in [0.15, 0.2) is 0 Å². The molecular weight excluding hydrogens is 330 g/mol. The highest BCUT2D eigenvalue weighted by atomic mass is 16.2. The quantitative estimate of drug-likeness (QED) is 0.833. The van der Waals surface area contributed by atoms with Crippen LogP contribution in [0.3, 0.4) is 0 Å². The van der Waals surface area contributed by atoms with Crippen LogP contribution >= 0.6 is 0 Å². The standard InChI is InChI=1S/C19H25N5O2/c1-2-6-18(25)22-15-9-10-17(20-11-15)24-12-16(21-13-24)19(26)23-14-7-4-3-5-8-14/h9-14H,2-8H2,1H3,(H,22,25)(H,23,26). The number of carbonyl (C=O) groups is 2. The first-order chi connectivity index (χ1) is 12.7. The Labute approximate surface area is 153 Å². The van der Waals surface area contributed by atoms with Gasteiger partial charge in [-0.1, -0.05) is 26.2 Å². The lowest BCUT2D eigenvalue weighted by Gasteiger charge is -2.22. The number of hydrogen-bond acceptors (Lipinski definition) is 4. The van der Waals surface area contributed by atoms with E-state index >= 15 is 0 Å². The first-order valence-electron chi connectivity index (χ1n) is 9.27. The summed E-state index contributed by atoms with van der Waals surface area (Å²) in [5.41, 5.74) is 1.04. The maximum Gasteiger partial charge on any atom is 0.271 e. The van der Waals surface area contributed by atoms with Gasteiger partial charge in [0.05, 0.1) is 11.9 Å². The van der Waals surface area contributed by atoms with Gasteiger partial charge in [-0.2, -0.15) is 0 Å². The number of aromatic nitrogens is 3. The highest BCUT2D eigenvalue weighted by Gasteiger charge is 2.18. The summed E-state index contributed by atoms with van der Waals surface area (Å²) < 4.78 is 1.70. The molecule has 0 saturated heterocycles. The molecule has 3 rings (SSSR count). The number of nitrogens with zero attached hydrogens (tertiary/aromatic N) is 3. The zero-order valence-corrected chi connectivity index (χ0v) is 15.1. The second-order valence-corrected chi connectivity index (χ2v) is 6.68. The Kier molecular flexibility index (Phi) is 5.99. The van der Waals surface area contributed by atoms with Gasteiger partial charge in [-0.3, -0.25) is 14.2 Å². The molecule has 2 amide bonds. The van der Waals surface area contributed by atoms with Crippen LogP contribution in [0.4, 0.5) is 5.69 Å². The van der Waals surface area contributed by atoms with Crippen molar-refractivity contribution in [2.24, 2.45) is 0 Å². The zero-order valence-electron chi connectivity index (χ0n) is 15.1. The summed E-state index contributed by atoms with van der Waals surface area (Å²) in [5, 5.41) is 5.86. The fourth-order valence-corrected chi connectivity index (χ4v) is 3.13. The molecule has 0 spiro atoms. The summed E-state index contributed by atoms with van der Waals surface area (Å²) in [5.74, 6) is 0.480. The average Bonchev–Trinajstić information content (AvgIpc) is 3.14. The summed E-state index contributed by atoms with van der Waals surface area (Å²) in [6.45, 7) is 1.96. The molecule has 2 aromatic heterocycles. The summed E-state index contributed by atoms with van der Waals surface area (Å²) in [6, 6.07) is 3.83. The van der Waals surface area contributed by atoms with Gasteiger partial charge in [0.2, 0.25) is 5.91 Å². The van der Waals surface area contributed by atoms with Crippen molar-refractivity contribution in [2.45, 2.75) is 57.9 Å².